The summed E-state index contributed by atoms with van der Waals surface area (Å²) >= 11 is 0. The number of rotatable bonds is 6. The normalized spacial score (nSPS) is 23.9. The summed E-state index contributed by atoms with van der Waals surface area (Å²) in [5.74, 6) is -0.834. The van der Waals surface area contributed by atoms with Gasteiger partial charge in [0.15, 0.2) is 0 Å². The van der Waals surface area contributed by atoms with Crippen LogP contribution in [0, 0.1) is 0 Å². The number of aliphatic carboxylic acids is 1. The van der Waals surface area contributed by atoms with Crippen LogP contribution in [0.1, 0.15) is 52.9 Å². The Labute approximate surface area is 108 Å². The highest BCUT2D eigenvalue weighted by Crippen LogP contribution is 2.24. The van der Waals surface area contributed by atoms with E-state index in [0.717, 1.165) is 25.8 Å². The minimum absolute atomic E-state index is 0.00195. The molecule has 1 heterocycles. The number of carboxylic acid groups (broad SMARTS) is 1. The van der Waals surface area contributed by atoms with Gasteiger partial charge in [-0.15, -0.1) is 0 Å². The number of amides is 1. The van der Waals surface area contributed by atoms with Crippen molar-refractivity contribution in [2.24, 2.45) is 0 Å². The molecule has 1 unspecified atom stereocenters. The minimum atomic E-state index is -0.832. The summed E-state index contributed by atoms with van der Waals surface area (Å²) in [5, 5.41) is 15.0. The molecule has 1 amide bonds. The van der Waals surface area contributed by atoms with Crippen LogP contribution in [-0.2, 0) is 9.59 Å². The second-order valence-electron chi connectivity index (χ2n) is 5.70. The van der Waals surface area contributed by atoms with Gasteiger partial charge in [-0.3, -0.25) is 9.59 Å². The van der Waals surface area contributed by atoms with E-state index in [1.807, 2.05) is 20.8 Å². The van der Waals surface area contributed by atoms with Crippen molar-refractivity contribution in [2.45, 2.75) is 64.0 Å². The smallest absolute Gasteiger partial charge is 0.303 e. The maximum atomic E-state index is 12.3. The molecule has 5 nitrogen and oxygen atoms in total. The Morgan fingerprint density at radius 3 is 2.56 bits per heavy atom. The average molecular weight is 256 g/mol. The number of hydrogen-bond acceptors (Lipinski definition) is 3. The third kappa shape index (κ3) is 3.70. The summed E-state index contributed by atoms with van der Waals surface area (Å²) in [4.78, 5) is 22.9. The molecule has 0 aromatic heterocycles. The van der Waals surface area contributed by atoms with Crippen molar-refractivity contribution >= 4 is 11.9 Å². The maximum absolute atomic E-state index is 12.3. The fourth-order valence-electron chi connectivity index (χ4n) is 2.37. The van der Waals surface area contributed by atoms with Crippen molar-refractivity contribution in [3.63, 3.8) is 0 Å². The molecule has 1 rings (SSSR count). The Balaban J connectivity index is 2.59. The van der Waals surface area contributed by atoms with Gasteiger partial charge in [0.25, 0.3) is 0 Å². The molecule has 1 aliphatic heterocycles. The first kappa shape index (κ1) is 15.0. The van der Waals surface area contributed by atoms with Gasteiger partial charge in [0, 0.05) is 12.0 Å². The van der Waals surface area contributed by atoms with Gasteiger partial charge in [-0.2, -0.15) is 0 Å². The number of carbonyl (C=O) groups excluding carboxylic acids is 1. The number of nitrogens with one attached hydrogen (secondary N) is 2. The van der Waals surface area contributed by atoms with Crippen molar-refractivity contribution in [2.75, 3.05) is 6.54 Å². The van der Waals surface area contributed by atoms with Gasteiger partial charge in [-0.25, -0.2) is 0 Å². The molecular formula is C13H24N2O3. The lowest BCUT2D eigenvalue weighted by Gasteiger charge is -2.33. The molecule has 0 aromatic carbocycles. The quantitative estimate of drug-likeness (QED) is 0.669. The van der Waals surface area contributed by atoms with Gasteiger partial charge >= 0.3 is 5.97 Å². The number of carboxylic acids is 1. The highest BCUT2D eigenvalue weighted by Gasteiger charge is 2.40. The van der Waals surface area contributed by atoms with Crippen LogP contribution in [-0.4, -0.2) is 34.6 Å². The molecule has 0 aliphatic carbocycles. The highest BCUT2D eigenvalue weighted by atomic mass is 16.4. The second-order valence-corrected chi connectivity index (χ2v) is 5.70. The Kier molecular flexibility index (Phi) is 4.73. The topological polar surface area (TPSA) is 78.4 Å². The number of carbonyl (C=O) groups is 2. The van der Waals surface area contributed by atoms with Crippen LogP contribution >= 0.6 is 0 Å². The van der Waals surface area contributed by atoms with E-state index in [-0.39, 0.29) is 12.3 Å². The van der Waals surface area contributed by atoms with Gasteiger partial charge < -0.3 is 15.7 Å². The van der Waals surface area contributed by atoms with Crippen molar-refractivity contribution in [3.05, 3.63) is 0 Å². The molecular weight excluding hydrogens is 232 g/mol. The van der Waals surface area contributed by atoms with E-state index in [4.69, 9.17) is 5.11 Å². The SMILES string of the molecule is CCC1(C(=O)NC(C)(C)CCC(=O)O)CCCN1. The molecule has 0 radical (unpaired) electrons. The van der Waals surface area contributed by atoms with E-state index in [9.17, 15) is 9.59 Å². The Morgan fingerprint density at radius 1 is 1.44 bits per heavy atom. The highest BCUT2D eigenvalue weighted by molar-refractivity contribution is 5.87. The molecule has 18 heavy (non-hydrogen) atoms. The van der Waals surface area contributed by atoms with E-state index in [0.29, 0.717) is 6.42 Å². The van der Waals surface area contributed by atoms with Gasteiger partial charge in [0.1, 0.15) is 0 Å². The molecule has 104 valence electrons. The summed E-state index contributed by atoms with van der Waals surface area (Å²) in [6.07, 6.45) is 3.13. The summed E-state index contributed by atoms with van der Waals surface area (Å²) in [6.45, 7) is 6.61. The van der Waals surface area contributed by atoms with E-state index in [1.165, 1.54) is 0 Å². The van der Waals surface area contributed by atoms with Crippen LogP contribution in [0.5, 0.6) is 0 Å². The van der Waals surface area contributed by atoms with E-state index < -0.39 is 17.0 Å². The molecule has 1 aliphatic rings. The summed E-state index contributed by atoms with van der Waals surface area (Å²) < 4.78 is 0. The fraction of sp³-hybridized carbons (Fsp3) is 0.846. The Bertz CT molecular complexity index is 320. The van der Waals surface area contributed by atoms with Crippen molar-refractivity contribution in [1.82, 2.24) is 10.6 Å². The van der Waals surface area contributed by atoms with E-state index in [2.05, 4.69) is 10.6 Å². The van der Waals surface area contributed by atoms with Crippen molar-refractivity contribution < 1.29 is 14.7 Å². The number of hydrogen-bond donors (Lipinski definition) is 3. The third-order valence-corrected chi connectivity index (χ3v) is 3.70. The summed E-state index contributed by atoms with van der Waals surface area (Å²) in [6, 6.07) is 0. The predicted molar refractivity (Wildman–Crippen MR) is 69.4 cm³/mol. The monoisotopic (exact) mass is 256 g/mol. The average Bonchev–Trinajstić information content (AvgIpc) is 2.76. The van der Waals surface area contributed by atoms with Crippen LogP contribution in [0.25, 0.3) is 0 Å². The zero-order chi connectivity index (χ0) is 13.8. The molecule has 0 aromatic rings. The van der Waals surface area contributed by atoms with Gasteiger partial charge in [0.05, 0.1) is 5.54 Å². The van der Waals surface area contributed by atoms with Gasteiger partial charge in [-0.1, -0.05) is 6.92 Å². The maximum Gasteiger partial charge on any atom is 0.303 e. The van der Waals surface area contributed by atoms with Crippen LogP contribution < -0.4 is 10.6 Å². The van der Waals surface area contributed by atoms with Crippen molar-refractivity contribution in [3.8, 4) is 0 Å². The molecule has 1 saturated heterocycles. The summed E-state index contributed by atoms with van der Waals surface area (Å²) in [5.41, 5.74) is -0.942. The van der Waals surface area contributed by atoms with Crippen molar-refractivity contribution in [1.29, 1.82) is 0 Å². The van der Waals surface area contributed by atoms with Crippen LogP contribution in [0.4, 0.5) is 0 Å². The minimum Gasteiger partial charge on any atom is -0.481 e. The molecule has 5 heteroatoms. The van der Waals surface area contributed by atoms with Crippen LogP contribution in [0.3, 0.4) is 0 Å². The molecule has 1 atom stereocenters. The van der Waals surface area contributed by atoms with Crippen LogP contribution in [0.2, 0.25) is 0 Å². The van der Waals surface area contributed by atoms with Gasteiger partial charge in [0.2, 0.25) is 5.91 Å². The summed E-state index contributed by atoms with van der Waals surface area (Å²) in [7, 11) is 0. The molecule has 0 bridgehead atoms. The van der Waals surface area contributed by atoms with E-state index in [1.54, 1.807) is 0 Å². The Morgan fingerprint density at radius 2 is 2.11 bits per heavy atom. The standard InChI is InChI=1S/C13H24N2O3/c1-4-13(7-5-9-14-13)11(18)15-12(2,3)8-6-10(16)17/h14H,4-9H2,1-3H3,(H,15,18)(H,16,17). The van der Waals surface area contributed by atoms with Crippen LogP contribution in [0.15, 0.2) is 0 Å². The largest absolute Gasteiger partial charge is 0.481 e. The lowest BCUT2D eigenvalue weighted by molar-refractivity contribution is -0.138. The molecule has 1 fully saturated rings. The zero-order valence-electron chi connectivity index (χ0n) is 11.5. The first-order valence-electron chi connectivity index (χ1n) is 6.61. The molecule has 0 spiro atoms. The van der Waals surface area contributed by atoms with E-state index >= 15 is 0 Å². The first-order chi connectivity index (χ1) is 8.31. The lowest BCUT2D eigenvalue weighted by Crippen LogP contribution is -2.58. The second kappa shape index (κ2) is 5.69. The first-order valence-corrected chi connectivity index (χ1v) is 6.61. The van der Waals surface area contributed by atoms with Gasteiger partial charge in [-0.05, 0) is 46.1 Å². The third-order valence-electron chi connectivity index (χ3n) is 3.70. The lowest BCUT2D eigenvalue weighted by atomic mass is 9.90. The zero-order valence-corrected chi connectivity index (χ0v) is 11.5. The Hall–Kier alpha value is -1.10. The predicted octanol–water partition coefficient (Wildman–Crippen LogP) is 1.28. The molecule has 3 N–H and O–H groups in total. The fourth-order valence-corrected chi connectivity index (χ4v) is 2.37. The molecule has 0 saturated carbocycles.